The van der Waals surface area contributed by atoms with Crippen LogP contribution in [0.1, 0.15) is 12.0 Å². The predicted molar refractivity (Wildman–Crippen MR) is 127 cm³/mol. The van der Waals surface area contributed by atoms with Gasteiger partial charge in [0.1, 0.15) is 34.1 Å². The van der Waals surface area contributed by atoms with Crippen LogP contribution >= 0.6 is 15.9 Å². The summed E-state index contributed by atoms with van der Waals surface area (Å²) in [5, 5.41) is 0. The van der Waals surface area contributed by atoms with Crippen molar-refractivity contribution in [3.05, 3.63) is 70.3 Å². The van der Waals surface area contributed by atoms with Gasteiger partial charge in [0.15, 0.2) is 0 Å². The standard InChI is InChI=1S/C23H19BrF5N3O4S/c1-32-5-4-16(12-32)35-21-9-15(2-3-19(21)23(27,28)29)31-37(33,34)18-10-20(24)22(30-11-18)36-17-7-13(25)6-14(26)8-17/h2-3,6-11,16,31H,4-5,12H2,1H3/t16-/m1/s1. The molecule has 0 unspecified atom stereocenters. The van der Waals surface area contributed by atoms with E-state index in [1.807, 2.05) is 11.9 Å². The zero-order valence-electron chi connectivity index (χ0n) is 19.0. The molecule has 0 aliphatic carbocycles. The molecule has 37 heavy (non-hydrogen) atoms. The Balaban J connectivity index is 1.56. The molecular formula is C23H19BrF5N3O4S. The number of likely N-dealkylation sites (N-methyl/N-ethyl adjacent to an activating group) is 1. The van der Waals surface area contributed by atoms with Crippen molar-refractivity contribution in [3.63, 3.8) is 0 Å². The molecule has 1 N–H and O–H groups in total. The molecule has 1 aliphatic heterocycles. The molecule has 2 heterocycles. The number of nitrogens with one attached hydrogen (secondary N) is 1. The third-order valence-corrected chi connectivity index (χ3v) is 7.24. The molecule has 14 heteroatoms. The van der Waals surface area contributed by atoms with Crippen LogP contribution in [0, 0.1) is 11.6 Å². The summed E-state index contributed by atoms with van der Waals surface area (Å²) in [6, 6.07) is 6.31. The van der Waals surface area contributed by atoms with Crippen LogP contribution < -0.4 is 14.2 Å². The van der Waals surface area contributed by atoms with Gasteiger partial charge in [-0.2, -0.15) is 13.2 Å². The fourth-order valence-electron chi connectivity index (χ4n) is 3.63. The summed E-state index contributed by atoms with van der Waals surface area (Å²) in [7, 11) is -2.49. The van der Waals surface area contributed by atoms with Gasteiger partial charge in [0.2, 0.25) is 5.88 Å². The van der Waals surface area contributed by atoms with E-state index >= 15 is 0 Å². The Morgan fingerprint density at radius 2 is 1.81 bits per heavy atom. The van der Waals surface area contributed by atoms with E-state index in [1.54, 1.807) is 0 Å². The Hall–Kier alpha value is -2.97. The van der Waals surface area contributed by atoms with Crippen LogP contribution in [0.5, 0.6) is 17.4 Å². The minimum Gasteiger partial charge on any atom is -0.488 e. The number of pyridine rings is 1. The zero-order chi connectivity index (χ0) is 27.0. The number of ether oxygens (including phenoxy) is 2. The van der Waals surface area contributed by atoms with E-state index in [0.29, 0.717) is 25.6 Å². The van der Waals surface area contributed by atoms with Gasteiger partial charge in [-0.15, -0.1) is 0 Å². The van der Waals surface area contributed by atoms with E-state index < -0.39 is 45.3 Å². The average Bonchev–Trinajstić information content (AvgIpc) is 3.18. The van der Waals surface area contributed by atoms with Gasteiger partial charge in [-0.3, -0.25) is 4.72 Å². The van der Waals surface area contributed by atoms with Crippen LogP contribution in [0.15, 0.2) is 58.0 Å². The highest BCUT2D eigenvalue weighted by atomic mass is 79.9. The molecule has 2 aromatic carbocycles. The Morgan fingerprint density at radius 3 is 2.41 bits per heavy atom. The molecule has 1 atom stereocenters. The van der Waals surface area contributed by atoms with Crippen LogP contribution in [0.25, 0.3) is 0 Å². The van der Waals surface area contributed by atoms with E-state index in [1.165, 1.54) is 0 Å². The number of hydrogen-bond donors (Lipinski definition) is 1. The number of sulfonamides is 1. The number of hydrogen-bond acceptors (Lipinski definition) is 6. The van der Waals surface area contributed by atoms with Crippen LogP contribution in [-0.2, 0) is 16.2 Å². The first-order chi connectivity index (χ1) is 17.3. The highest BCUT2D eigenvalue weighted by Crippen LogP contribution is 2.39. The number of likely N-dealkylation sites (tertiary alicyclic amines) is 1. The van der Waals surface area contributed by atoms with Crippen molar-refractivity contribution >= 4 is 31.6 Å². The highest BCUT2D eigenvalue weighted by Gasteiger charge is 2.36. The SMILES string of the molecule is CN1CC[C@@H](Oc2cc(NS(=O)(=O)c3cnc(Oc4cc(F)cc(F)c4)c(Br)c3)ccc2C(F)(F)F)C1. The normalized spacial score (nSPS) is 16.6. The molecule has 198 valence electrons. The third kappa shape index (κ3) is 6.67. The second kappa shape index (κ2) is 10.4. The Kier molecular flexibility index (Phi) is 7.62. The Bertz CT molecular complexity index is 1400. The fraction of sp³-hybridized carbons (Fsp3) is 0.261. The lowest BCUT2D eigenvalue weighted by atomic mass is 10.1. The molecule has 0 bridgehead atoms. The first kappa shape index (κ1) is 27.1. The maximum atomic E-state index is 13.5. The molecule has 1 saturated heterocycles. The number of aromatic nitrogens is 1. The van der Waals surface area contributed by atoms with E-state index in [4.69, 9.17) is 9.47 Å². The van der Waals surface area contributed by atoms with Crippen LogP contribution in [0.3, 0.4) is 0 Å². The summed E-state index contributed by atoms with van der Waals surface area (Å²) in [4.78, 5) is 5.43. The number of alkyl halides is 3. The molecule has 1 aliphatic rings. The lowest BCUT2D eigenvalue weighted by molar-refractivity contribution is -0.139. The molecule has 0 saturated carbocycles. The molecule has 0 spiro atoms. The minimum atomic E-state index is -4.70. The molecule has 1 fully saturated rings. The second-order valence-corrected chi connectivity index (χ2v) is 10.8. The quantitative estimate of drug-likeness (QED) is 0.341. The largest absolute Gasteiger partial charge is 0.488 e. The van der Waals surface area contributed by atoms with E-state index in [-0.39, 0.29) is 26.7 Å². The first-order valence-corrected chi connectivity index (χ1v) is 13.0. The Morgan fingerprint density at radius 1 is 1.11 bits per heavy atom. The van der Waals surface area contributed by atoms with E-state index in [9.17, 15) is 30.4 Å². The van der Waals surface area contributed by atoms with Crippen molar-refractivity contribution in [1.82, 2.24) is 9.88 Å². The number of halogens is 6. The van der Waals surface area contributed by atoms with Crippen molar-refractivity contribution < 1.29 is 39.8 Å². The maximum absolute atomic E-state index is 13.5. The van der Waals surface area contributed by atoms with Gasteiger partial charge in [-0.1, -0.05) is 0 Å². The van der Waals surface area contributed by atoms with Crippen molar-refractivity contribution in [2.75, 3.05) is 24.9 Å². The van der Waals surface area contributed by atoms with Crippen LogP contribution in [-0.4, -0.2) is 44.5 Å². The van der Waals surface area contributed by atoms with Gasteiger partial charge in [0.25, 0.3) is 10.0 Å². The lowest BCUT2D eigenvalue weighted by Crippen LogP contribution is -2.23. The van der Waals surface area contributed by atoms with Crippen LogP contribution in [0.2, 0.25) is 0 Å². The summed E-state index contributed by atoms with van der Waals surface area (Å²) < 4.78 is 106. The van der Waals surface area contributed by atoms with Gasteiger partial charge >= 0.3 is 6.18 Å². The molecule has 3 aromatic rings. The summed E-state index contributed by atoms with van der Waals surface area (Å²) in [5.41, 5.74) is -1.18. The highest BCUT2D eigenvalue weighted by molar-refractivity contribution is 9.10. The number of anilines is 1. The third-order valence-electron chi connectivity index (χ3n) is 5.32. The van der Waals surface area contributed by atoms with Gasteiger partial charge in [0, 0.05) is 37.4 Å². The first-order valence-electron chi connectivity index (χ1n) is 10.7. The Labute approximate surface area is 217 Å². The second-order valence-electron chi connectivity index (χ2n) is 8.27. The van der Waals surface area contributed by atoms with E-state index in [2.05, 4.69) is 25.6 Å². The number of nitrogens with zero attached hydrogens (tertiary/aromatic N) is 2. The van der Waals surface area contributed by atoms with E-state index in [0.717, 1.165) is 42.6 Å². The molecule has 1 aromatic heterocycles. The summed E-state index contributed by atoms with van der Waals surface area (Å²) in [6.45, 7) is 1.09. The molecule has 4 rings (SSSR count). The summed E-state index contributed by atoms with van der Waals surface area (Å²) in [5.74, 6) is -2.62. The lowest BCUT2D eigenvalue weighted by Gasteiger charge is -2.19. The van der Waals surface area contributed by atoms with Gasteiger partial charge in [0.05, 0.1) is 21.9 Å². The minimum absolute atomic E-state index is 0.0434. The zero-order valence-corrected chi connectivity index (χ0v) is 21.4. The summed E-state index contributed by atoms with van der Waals surface area (Å²) in [6.07, 6.45) is -3.72. The smallest absolute Gasteiger partial charge is 0.419 e. The molecule has 0 radical (unpaired) electrons. The fourth-order valence-corrected chi connectivity index (χ4v) is 5.23. The van der Waals surface area contributed by atoms with Crippen molar-refractivity contribution in [2.45, 2.75) is 23.6 Å². The maximum Gasteiger partial charge on any atom is 0.419 e. The molecular weight excluding hydrogens is 589 g/mol. The topological polar surface area (TPSA) is 80.8 Å². The monoisotopic (exact) mass is 607 g/mol. The predicted octanol–water partition coefficient (Wildman–Crippen LogP) is 5.82. The van der Waals surface area contributed by atoms with Crippen molar-refractivity contribution in [2.24, 2.45) is 0 Å². The average molecular weight is 608 g/mol. The van der Waals surface area contributed by atoms with Gasteiger partial charge < -0.3 is 14.4 Å². The van der Waals surface area contributed by atoms with Crippen LogP contribution in [0.4, 0.5) is 27.6 Å². The van der Waals surface area contributed by atoms with Gasteiger partial charge in [-0.05, 0) is 47.6 Å². The van der Waals surface area contributed by atoms with Gasteiger partial charge in [-0.25, -0.2) is 22.2 Å². The van der Waals surface area contributed by atoms with Crippen molar-refractivity contribution in [3.8, 4) is 17.4 Å². The van der Waals surface area contributed by atoms with Crippen molar-refractivity contribution in [1.29, 1.82) is 0 Å². The number of benzene rings is 2. The number of rotatable bonds is 7. The molecule has 0 amide bonds. The summed E-state index contributed by atoms with van der Waals surface area (Å²) >= 11 is 3.10. The molecule has 7 nitrogen and oxygen atoms in total.